The quantitative estimate of drug-likeness (QED) is 0.286. The number of nitrogens with one attached hydrogen (secondary N) is 1. The molecule has 4 heteroatoms. The van der Waals surface area contributed by atoms with Crippen molar-refractivity contribution in [1.82, 2.24) is 0 Å². The molecule has 0 aliphatic carbocycles. The Morgan fingerprint density at radius 2 is 1.53 bits per heavy atom. The van der Waals surface area contributed by atoms with Gasteiger partial charge in [0.25, 0.3) is 0 Å². The standard InChI is InChI=1S/C15H29NO2P/c1-5-9-19(10-6-2,11-7-3)13-14(12-16)15(17)18-8-4/h16H,5-11,13H2,1-4H3/q+1. The second kappa shape index (κ2) is 10.2. The predicted octanol–water partition coefficient (Wildman–Crippen LogP) is 3.97. The monoisotopic (exact) mass is 286 g/mol. The first-order valence-corrected chi connectivity index (χ1v) is 9.92. The van der Waals surface area contributed by atoms with Crippen LogP contribution in [0.4, 0.5) is 0 Å². The van der Waals surface area contributed by atoms with E-state index in [4.69, 9.17) is 10.1 Å². The number of ether oxygens (including phenoxy) is 1. The van der Waals surface area contributed by atoms with Gasteiger partial charge in [0.15, 0.2) is 0 Å². The first-order valence-electron chi connectivity index (χ1n) is 7.39. The molecule has 0 saturated heterocycles. The van der Waals surface area contributed by atoms with Crippen LogP contribution in [-0.2, 0) is 9.53 Å². The van der Waals surface area contributed by atoms with Crippen molar-refractivity contribution in [1.29, 1.82) is 5.41 Å². The molecule has 110 valence electrons. The second-order valence-corrected chi connectivity index (χ2v) is 9.34. The van der Waals surface area contributed by atoms with E-state index in [1.165, 1.54) is 18.5 Å². The number of carbonyl (C=O) groups is 1. The minimum atomic E-state index is -1.17. The van der Waals surface area contributed by atoms with Crippen molar-refractivity contribution >= 4 is 19.1 Å². The second-order valence-electron chi connectivity index (χ2n) is 4.99. The van der Waals surface area contributed by atoms with Gasteiger partial charge in [-0.05, 0) is 32.1 Å². The van der Waals surface area contributed by atoms with Crippen molar-refractivity contribution in [2.45, 2.75) is 47.0 Å². The van der Waals surface area contributed by atoms with Crippen LogP contribution in [-0.4, -0.2) is 43.1 Å². The van der Waals surface area contributed by atoms with Crippen LogP contribution in [0.1, 0.15) is 47.0 Å². The molecule has 0 aliphatic rings. The van der Waals surface area contributed by atoms with E-state index in [0.29, 0.717) is 12.2 Å². The van der Waals surface area contributed by atoms with Crippen molar-refractivity contribution in [2.75, 3.05) is 31.3 Å². The average molecular weight is 286 g/mol. The van der Waals surface area contributed by atoms with Gasteiger partial charge in [0.2, 0.25) is 0 Å². The molecule has 0 aromatic rings. The third-order valence-corrected chi connectivity index (χ3v) is 8.43. The van der Waals surface area contributed by atoms with Crippen molar-refractivity contribution in [3.05, 3.63) is 5.57 Å². The topological polar surface area (TPSA) is 50.2 Å². The summed E-state index contributed by atoms with van der Waals surface area (Å²) in [5.74, 6) is 1.99. The minimum Gasteiger partial charge on any atom is -0.462 e. The lowest BCUT2D eigenvalue weighted by Gasteiger charge is -2.26. The molecule has 0 unspecified atom stereocenters. The third kappa shape index (κ3) is 6.36. The summed E-state index contributed by atoms with van der Waals surface area (Å²) < 4.78 is 5.03. The van der Waals surface area contributed by atoms with E-state index in [9.17, 15) is 4.79 Å². The highest BCUT2D eigenvalue weighted by atomic mass is 31.2. The maximum atomic E-state index is 11.8. The fourth-order valence-corrected chi connectivity index (χ4v) is 7.57. The molecule has 0 saturated carbocycles. The van der Waals surface area contributed by atoms with E-state index in [1.807, 2.05) is 0 Å². The Balaban J connectivity index is 5.04. The predicted molar refractivity (Wildman–Crippen MR) is 85.1 cm³/mol. The van der Waals surface area contributed by atoms with Gasteiger partial charge in [0, 0.05) is 7.26 Å². The average Bonchev–Trinajstić information content (AvgIpc) is 2.37. The third-order valence-electron chi connectivity index (χ3n) is 3.26. The van der Waals surface area contributed by atoms with E-state index in [-0.39, 0.29) is 5.97 Å². The Kier molecular flexibility index (Phi) is 9.83. The van der Waals surface area contributed by atoms with Crippen molar-refractivity contribution in [2.24, 2.45) is 0 Å². The zero-order valence-corrected chi connectivity index (χ0v) is 13.8. The highest BCUT2D eigenvalue weighted by molar-refractivity contribution is 7.76. The lowest BCUT2D eigenvalue weighted by Crippen LogP contribution is -2.19. The molecular weight excluding hydrogens is 257 g/mol. The summed E-state index contributed by atoms with van der Waals surface area (Å²) in [7, 11) is -1.17. The molecule has 0 fully saturated rings. The van der Waals surface area contributed by atoms with Crippen molar-refractivity contribution in [3.63, 3.8) is 0 Å². The Hall–Kier alpha value is -0.650. The molecule has 0 amide bonds. The SMILES string of the molecule is CCC[P+](CCC)(CCC)CC(=C=N)C(=O)OCC. The van der Waals surface area contributed by atoms with Gasteiger partial charge in [-0.2, -0.15) is 0 Å². The van der Waals surface area contributed by atoms with E-state index < -0.39 is 7.26 Å². The molecule has 0 atom stereocenters. The van der Waals surface area contributed by atoms with Crippen molar-refractivity contribution in [3.8, 4) is 0 Å². The van der Waals surface area contributed by atoms with Crippen LogP contribution in [0.15, 0.2) is 5.57 Å². The smallest absolute Gasteiger partial charge is 0.347 e. The number of hydrogen-bond acceptors (Lipinski definition) is 3. The molecule has 0 aromatic heterocycles. The summed E-state index contributed by atoms with van der Waals surface area (Å²) in [6.45, 7) is 8.78. The summed E-state index contributed by atoms with van der Waals surface area (Å²) in [6, 6.07) is 0. The Bertz CT molecular complexity index is 305. The normalized spacial score (nSPS) is 10.9. The van der Waals surface area contributed by atoms with Gasteiger partial charge in [0.05, 0.1) is 25.1 Å². The number of hydrogen-bond donors (Lipinski definition) is 1. The van der Waals surface area contributed by atoms with E-state index in [1.54, 1.807) is 6.92 Å². The van der Waals surface area contributed by atoms with Gasteiger partial charge in [-0.3, -0.25) is 5.41 Å². The highest BCUT2D eigenvalue weighted by Gasteiger charge is 2.37. The fourth-order valence-electron chi connectivity index (χ4n) is 2.70. The number of carbonyl (C=O) groups excluding carboxylic acids is 1. The highest BCUT2D eigenvalue weighted by Crippen LogP contribution is 2.61. The van der Waals surface area contributed by atoms with Gasteiger partial charge in [-0.1, -0.05) is 20.8 Å². The number of rotatable bonds is 10. The lowest BCUT2D eigenvalue weighted by molar-refractivity contribution is -0.138. The maximum Gasteiger partial charge on any atom is 0.347 e. The minimum absolute atomic E-state index is 0.342. The zero-order chi connectivity index (χ0) is 14.7. The lowest BCUT2D eigenvalue weighted by atomic mass is 10.3. The van der Waals surface area contributed by atoms with Crippen LogP contribution in [0.2, 0.25) is 0 Å². The molecule has 1 N–H and O–H groups in total. The zero-order valence-electron chi connectivity index (χ0n) is 12.9. The number of esters is 1. The van der Waals surface area contributed by atoms with Gasteiger partial charge >= 0.3 is 5.97 Å². The Morgan fingerprint density at radius 3 is 1.84 bits per heavy atom. The van der Waals surface area contributed by atoms with E-state index in [2.05, 4.69) is 26.6 Å². The summed E-state index contributed by atoms with van der Waals surface area (Å²) in [6.07, 6.45) is 7.83. The molecule has 0 aromatic carbocycles. The summed E-state index contributed by atoms with van der Waals surface area (Å²) in [5, 5.41) is 7.38. The summed E-state index contributed by atoms with van der Waals surface area (Å²) in [5.41, 5.74) is 0.450. The van der Waals surface area contributed by atoms with Crippen LogP contribution in [0.5, 0.6) is 0 Å². The molecule has 0 bridgehead atoms. The summed E-state index contributed by atoms with van der Waals surface area (Å²) in [4.78, 5) is 11.8. The van der Waals surface area contributed by atoms with E-state index in [0.717, 1.165) is 25.4 Å². The van der Waals surface area contributed by atoms with Crippen LogP contribution < -0.4 is 0 Å². The van der Waals surface area contributed by atoms with Gasteiger partial charge in [0.1, 0.15) is 11.7 Å². The van der Waals surface area contributed by atoms with Crippen LogP contribution in [0.25, 0.3) is 0 Å². The molecule has 0 spiro atoms. The molecule has 19 heavy (non-hydrogen) atoms. The maximum absolute atomic E-state index is 11.8. The van der Waals surface area contributed by atoms with Crippen molar-refractivity contribution < 1.29 is 9.53 Å². The first-order chi connectivity index (χ1) is 9.09. The van der Waals surface area contributed by atoms with Crippen LogP contribution in [0, 0.1) is 5.41 Å². The van der Waals surface area contributed by atoms with Crippen LogP contribution >= 0.6 is 7.26 Å². The van der Waals surface area contributed by atoms with E-state index >= 15 is 0 Å². The molecule has 0 aliphatic heterocycles. The molecule has 0 heterocycles. The molecular formula is C15H29NO2P+. The fraction of sp³-hybridized carbons (Fsp3) is 0.800. The molecule has 0 radical (unpaired) electrons. The summed E-state index contributed by atoms with van der Waals surface area (Å²) >= 11 is 0. The Morgan fingerprint density at radius 1 is 1.05 bits per heavy atom. The molecule has 3 nitrogen and oxygen atoms in total. The van der Waals surface area contributed by atoms with Gasteiger partial charge in [-0.25, -0.2) is 4.79 Å². The Labute approximate surface area is 118 Å². The molecule has 0 rings (SSSR count). The van der Waals surface area contributed by atoms with Gasteiger partial charge < -0.3 is 4.74 Å². The van der Waals surface area contributed by atoms with Gasteiger partial charge in [-0.15, -0.1) is 0 Å². The largest absolute Gasteiger partial charge is 0.462 e. The first kappa shape index (κ1) is 18.4. The van der Waals surface area contributed by atoms with Crippen LogP contribution in [0.3, 0.4) is 0 Å².